The highest BCUT2D eigenvalue weighted by Crippen LogP contribution is 2.65. The van der Waals surface area contributed by atoms with Crippen molar-refractivity contribution in [2.75, 3.05) is 26.7 Å². The second-order valence-electron chi connectivity index (χ2n) is 29.2. The number of phenolic OH excluding ortho intramolecular Hbond substituents is 3. The third-order valence-electron chi connectivity index (χ3n) is 22.7. The highest BCUT2D eigenvalue weighted by molar-refractivity contribution is 9.69. The second kappa shape index (κ2) is 31.0. The first-order valence-electron chi connectivity index (χ1n) is 31.4. The molecule has 12 atom stereocenters. The van der Waals surface area contributed by atoms with E-state index in [1.165, 1.54) is 115 Å². The van der Waals surface area contributed by atoms with Crippen molar-refractivity contribution in [3.8, 4) is 34.5 Å². The lowest BCUT2D eigenvalue weighted by Crippen LogP contribution is -2.51. The van der Waals surface area contributed by atoms with E-state index in [0.29, 0.717) is 123 Å². The molecule has 0 saturated heterocycles. The van der Waals surface area contributed by atoms with E-state index >= 15 is 0 Å². The Hall–Kier alpha value is -2.45. The molecule has 476 valence electrons. The fraction of sp³-hybridized carbons (Fsp3) is 0.700. The molecule has 6 fully saturated rings. The summed E-state index contributed by atoms with van der Waals surface area (Å²) in [7, 11) is 4.81. The Labute approximate surface area is 547 Å². The van der Waals surface area contributed by atoms with Crippen LogP contribution in [0.15, 0.2) is 54.6 Å². The number of carbonyl (C=O) groups excluding carboxylic acids is 3. The van der Waals surface area contributed by atoms with Gasteiger partial charge in [0, 0.05) is 54.2 Å². The zero-order chi connectivity index (χ0) is 63.6. The molecule has 3 aromatic carbocycles. The van der Waals surface area contributed by atoms with Crippen molar-refractivity contribution < 1.29 is 43.9 Å². The smallest absolute Gasteiger partial charge is 0.369 e. The number of methoxy groups -OCH3 is 3. The lowest BCUT2D eigenvalue weighted by atomic mass is 9.46. The first-order valence-corrected chi connectivity index (χ1v) is 35.3. The van der Waals surface area contributed by atoms with E-state index in [4.69, 9.17) is 37.4 Å². The molecule has 6 saturated carbocycles. The van der Waals surface area contributed by atoms with Gasteiger partial charge in [0.1, 0.15) is 34.5 Å². The van der Waals surface area contributed by atoms with Crippen LogP contribution in [-0.2, 0) is 0 Å². The number of fused-ring (bicyclic) bond motifs is 3. The fourth-order valence-corrected chi connectivity index (χ4v) is 18.7. The van der Waals surface area contributed by atoms with Gasteiger partial charge >= 0.3 is 3.18 Å². The van der Waals surface area contributed by atoms with Gasteiger partial charge in [0.25, 0.3) is 0 Å². The summed E-state index contributed by atoms with van der Waals surface area (Å²) < 4.78 is 16.2. The standard InChI is InChI=1S/C24H36O3.C23H34O3.C22H32O3.CH2Cl2.BBr3/c1-16-8-9-22-23(2,3)10-7-11-24(22,4)20(16)15-21(25)17-12-18(26-5)14-19(13-17)27-6;1-15-7-8-21-22(2,3)9-6-10-23(21,4)19(15)14-20(25)16-11-17(24)13-18(12-16)26-5;1-14-6-7-20-21(2,3)8-5-9-22(20,4)18(14)13-19(25)15-10-16(23)12-17(24)11-15;2-1-3;2-1(3)4/h12-14,16,20,22H,7-11,15H2,1-6H3;11-13,15,19,21,24H,6-10,14H2,1-5H3;10-12,14,18,20,23-24H,5-9,13H2,1-4H3;1H2;/t16-,20-,22-,24+;15-,19-,21-,23+;14-,18-,20-,22+;;/m000../s1. The molecule has 0 radical (unpaired) electrons. The molecule has 0 heterocycles. The van der Waals surface area contributed by atoms with E-state index in [1.54, 1.807) is 39.5 Å². The quantitative estimate of drug-likeness (QED) is 0.0919. The molecule has 15 heteroatoms. The molecule has 0 spiro atoms. The van der Waals surface area contributed by atoms with Crippen LogP contribution >= 0.6 is 70.5 Å². The van der Waals surface area contributed by atoms with E-state index in [-0.39, 0.29) is 59.4 Å². The van der Waals surface area contributed by atoms with Crippen molar-refractivity contribution in [1.29, 1.82) is 0 Å². The Morgan fingerprint density at radius 3 is 0.976 bits per heavy atom. The third kappa shape index (κ3) is 18.2. The number of benzene rings is 3. The van der Waals surface area contributed by atoms with Gasteiger partial charge in [-0.3, -0.25) is 14.4 Å². The third-order valence-corrected chi connectivity index (χ3v) is 22.7. The maximum Gasteiger partial charge on any atom is 0.369 e. The van der Waals surface area contributed by atoms with Crippen molar-refractivity contribution in [3.63, 3.8) is 0 Å². The first-order chi connectivity index (χ1) is 39.7. The largest absolute Gasteiger partial charge is 0.508 e. The number of carbonyl (C=O) groups is 3. The van der Waals surface area contributed by atoms with E-state index in [9.17, 15) is 29.7 Å². The molecule has 0 aliphatic heterocycles. The maximum absolute atomic E-state index is 13.3. The number of ketones is 3. The topological polar surface area (TPSA) is 140 Å². The molecule has 0 amide bonds. The minimum atomic E-state index is -0.0528. The first kappa shape index (κ1) is 73.3. The molecule has 3 N–H and O–H groups in total. The van der Waals surface area contributed by atoms with Crippen LogP contribution in [0.1, 0.15) is 230 Å². The number of hydrogen-bond donors (Lipinski definition) is 3. The SMILES string of the molecule is BrB(Br)Br.COc1cc(O)cc(C(=O)C[C@H]2[C@@H](C)CC[C@H]3C(C)(C)CCC[C@]23C)c1.COc1cc(OC)cc(C(=O)C[C@H]2[C@@H](C)CC[C@H]3C(C)(C)CCC[C@]23C)c1.C[C@H]1CC[C@H]2C(C)(C)CCC[C@]2(C)[C@H]1CC(=O)c1cc(O)cc(O)c1.ClCCl. The summed E-state index contributed by atoms with van der Waals surface area (Å²) in [4.78, 5) is 39.3. The highest BCUT2D eigenvalue weighted by Gasteiger charge is 2.57. The van der Waals surface area contributed by atoms with E-state index in [2.05, 4.69) is 130 Å². The van der Waals surface area contributed by atoms with Gasteiger partial charge in [0.05, 0.1) is 26.7 Å². The highest BCUT2D eigenvalue weighted by atomic mass is 79.9. The Balaban J connectivity index is 0.000000220. The van der Waals surface area contributed by atoms with Crippen LogP contribution in [0.25, 0.3) is 0 Å². The van der Waals surface area contributed by atoms with Crippen molar-refractivity contribution >= 4 is 91.0 Å². The summed E-state index contributed by atoms with van der Waals surface area (Å²) in [5.41, 5.74) is 3.48. The number of ether oxygens (including phenoxy) is 3. The van der Waals surface area contributed by atoms with Crippen LogP contribution in [0.4, 0.5) is 0 Å². The summed E-state index contributed by atoms with van der Waals surface area (Å²) in [6.07, 6.45) is 20.6. The maximum atomic E-state index is 13.3. The number of rotatable bonds is 12. The number of phenols is 3. The van der Waals surface area contributed by atoms with Gasteiger partial charge in [0.15, 0.2) is 17.3 Å². The Bertz CT molecular complexity index is 2660. The summed E-state index contributed by atoms with van der Waals surface area (Å²) in [5, 5.41) is 29.5. The summed E-state index contributed by atoms with van der Waals surface area (Å²) in [6.45, 7) is 28.8. The van der Waals surface area contributed by atoms with Crippen LogP contribution in [-0.4, -0.2) is 62.5 Å². The lowest BCUT2D eigenvalue weighted by molar-refractivity contribution is -0.0928. The molecular formula is C70H104BBr3Cl2O9. The van der Waals surface area contributed by atoms with Crippen molar-refractivity contribution in [2.45, 2.75) is 199 Å². The summed E-state index contributed by atoms with van der Waals surface area (Å²) in [6, 6.07) is 14.6. The van der Waals surface area contributed by atoms with Gasteiger partial charge in [-0.15, -0.1) is 70.5 Å². The van der Waals surface area contributed by atoms with Crippen LogP contribution in [0, 0.1) is 85.8 Å². The number of halogens is 5. The average Bonchev–Trinajstić information content (AvgIpc) is 1.51. The van der Waals surface area contributed by atoms with Crippen LogP contribution in [0.3, 0.4) is 0 Å². The van der Waals surface area contributed by atoms with Crippen molar-refractivity contribution in [3.05, 3.63) is 71.3 Å². The minimum absolute atomic E-state index is 0.0355. The van der Waals surface area contributed by atoms with Crippen LogP contribution in [0.2, 0.25) is 0 Å². The predicted molar refractivity (Wildman–Crippen MR) is 363 cm³/mol. The molecule has 6 aliphatic carbocycles. The van der Waals surface area contributed by atoms with Gasteiger partial charge in [-0.25, -0.2) is 0 Å². The predicted octanol–water partition coefficient (Wildman–Crippen LogP) is 21.1. The molecule has 0 unspecified atom stereocenters. The normalized spacial score (nSPS) is 31.1. The number of hydrogen-bond acceptors (Lipinski definition) is 9. The van der Waals surface area contributed by atoms with E-state index < -0.39 is 0 Å². The molecule has 0 bridgehead atoms. The minimum Gasteiger partial charge on any atom is -0.508 e. The summed E-state index contributed by atoms with van der Waals surface area (Å²) in [5.74, 6) is 7.23. The number of aromatic hydroxyl groups is 3. The molecule has 9 rings (SSSR count). The zero-order valence-corrected chi connectivity index (χ0v) is 60.4. The van der Waals surface area contributed by atoms with Gasteiger partial charge in [-0.1, -0.05) is 122 Å². The van der Waals surface area contributed by atoms with Crippen molar-refractivity contribution in [1.82, 2.24) is 0 Å². The van der Waals surface area contributed by atoms with Gasteiger partial charge in [-0.2, -0.15) is 0 Å². The fourth-order valence-electron chi connectivity index (χ4n) is 18.7. The zero-order valence-electron chi connectivity index (χ0n) is 54.1. The Morgan fingerprint density at radius 2 is 0.694 bits per heavy atom. The number of Topliss-reactive ketones (excluding diaryl/α,β-unsaturated/α-hetero) is 3. The number of alkyl halides is 2. The van der Waals surface area contributed by atoms with E-state index in [0.717, 1.165) is 0 Å². The molecule has 9 nitrogen and oxygen atoms in total. The van der Waals surface area contributed by atoms with Gasteiger partial charge < -0.3 is 29.5 Å². The average molecular weight is 1410 g/mol. The van der Waals surface area contributed by atoms with Crippen LogP contribution < -0.4 is 14.2 Å². The van der Waals surface area contributed by atoms with E-state index in [1.807, 2.05) is 18.2 Å². The Morgan fingerprint density at radius 1 is 0.447 bits per heavy atom. The molecule has 0 aromatic heterocycles. The molecule has 6 aliphatic rings. The Kier molecular flexibility index (Phi) is 26.8. The molecule has 85 heavy (non-hydrogen) atoms. The van der Waals surface area contributed by atoms with Gasteiger partial charge in [0.2, 0.25) is 0 Å². The lowest BCUT2D eigenvalue weighted by Gasteiger charge is -2.59. The molecule has 3 aromatic rings. The monoisotopic (exact) mass is 1410 g/mol. The second-order valence-corrected chi connectivity index (χ2v) is 36.4. The van der Waals surface area contributed by atoms with Crippen molar-refractivity contribution in [2.24, 2.45) is 85.8 Å². The van der Waals surface area contributed by atoms with Gasteiger partial charge in [-0.05, 0) is 180 Å². The summed E-state index contributed by atoms with van der Waals surface area (Å²) >= 11 is 18.8. The van der Waals surface area contributed by atoms with Crippen LogP contribution in [0.5, 0.6) is 34.5 Å². The molecular weight excluding hydrogens is 1310 g/mol.